The Morgan fingerprint density at radius 1 is 0.903 bits per heavy atom. The highest BCUT2D eigenvalue weighted by molar-refractivity contribution is 5.70. The fourth-order valence-electron chi connectivity index (χ4n) is 5.10. The molecule has 2 aromatic carbocycles. The standard InChI is InChI=1S/C26H31N3O2/c1-5-19-16-17-29(26(30)31-4)18-22(19)25-27(2)23(20-12-8-6-9-13-20)24(28(25)3)21-14-10-7-11-15-21/h6-19,23-25H,5H2,1-4H3/t19-,23+,24+/m1/s1. The van der Waals surface area contributed by atoms with Gasteiger partial charge in [0, 0.05) is 18.3 Å². The molecule has 1 amide bonds. The molecule has 2 heterocycles. The Morgan fingerprint density at radius 3 is 1.87 bits per heavy atom. The summed E-state index contributed by atoms with van der Waals surface area (Å²) in [7, 11) is 5.80. The van der Waals surface area contributed by atoms with Crippen molar-refractivity contribution in [3.63, 3.8) is 0 Å². The molecule has 2 aliphatic heterocycles. The van der Waals surface area contributed by atoms with Crippen LogP contribution in [-0.4, -0.2) is 48.2 Å². The molecule has 0 unspecified atom stereocenters. The Morgan fingerprint density at radius 2 is 1.42 bits per heavy atom. The number of ether oxygens (including phenoxy) is 1. The molecule has 0 spiro atoms. The number of rotatable bonds is 4. The van der Waals surface area contributed by atoms with E-state index in [0.717, 1.165) is 6.42 Å². The maximum Gasteiger partial charge on any atom is 0.417 e. The third-order valence-electron chi connectivity index (χ3n) is 6.55. The number of carbonyl (C=O) groups excluding carboxylic acids is 1. The lowest BCUT2D eigenvalue weighted by Gasteiger charge is -2.35. The summed E-state index contributed by atoms with van der Waals surface area (Å²) in [5.74, 6) is 0.266. The normalized spacial score (nSPS) is 25.0. The van der Waals surface area contributed by atoms with Gasteiger partial charge in [-0.3, -0.25) is 14.7 Å². The van der Waals surface area contributed by atoms with E-state index < -0.39 is 0 Å². The van der Waals surface area contributed by atoms with Crippen LogP contribution < -0.4 is 0 Å². The third-order valence-corrected chi connectivity index (χ3v) is 6.55. The molecular formula is C26H31N3O2. The van der Waals surface area contributed by atoms with Crippen molar-refractivity contribution in [2.24, 2.45) is 5.92 Å². The fraction of sp³-hybridized carbons (Fsp3) is 0.346. The number of carbonyl (C=O) groups is 1. The quantitative estimate of drug-likeness (QED) is 0.687. The molecule has 0 aliphatic carbocycles. The van der Waals surface area contributed by atoms with Gasteiger partial charge in [0.15, 0.2) is 0 Å². The number of likely N-dealkylation sites (N-methyl/N-ethyl adjacent to an activating group) is 2. The lowest BCUT2D eigenvalue weighted by molar-refractivity contribution is 0.147. The average molecular weight is 418 g/mol. The first-order valence-electron chi connectivity index (χ1n) is 10.9. The predicted molar refractivity (Wildman–Crippen MR) is 123 cm³/mol. The van der Waals surface area contributed by atoms with E-state index in [-0.39, 0.29) is 30.3 Å². The van der Waals surface area contributed by atoms with Gasteiger partial charge in [-0.1, -0.05) is 73.7 Å². The molecule has 3 atom stereocenters. The maximum atomic E-state index is 12.2. The van der Waals surface area contributed by atoms with Crippen LogP contribution in [0.15, 0.2) is 84.7 Å². The molecule has 5 nitrogen and oxygen atoms in total. The second-order valence-corrected chi connectivity index (χ2v) is 8.28. The molecule has 0 bridgehead atoms. The van der Waals surface area contributed by atoms with Gasteiger partial charge in [0.25, 0.3) is 0 Å². The molecule has 0 N–H and O–H groups in total. The molecule has 162 valence electrons. The van der Waals surface area contributed by atoms with Crippen molar-refractivity contribution in [3.05, 3.63) is 95.8 Å². The summed E-state index contributed by atoms with van der Waals surface area (Å²) >= 11 is 0. The van der Waals surface area contributed by atoms with Crippen molar-refractivity contribution >= 4 is 6.09 Å². The lowest BCUT2D eigenvalue weighted by Crippen LogP contribution is -2.41. The average Bonchev–Trinajstić information content (AvgIpc) is 3.08. The number of allylic oxidation sites excluding steroid dienone is 1. The smallest absolute Gasteiger partial charge is 0.417 e. The van der Waals surface area contributed by atoms with E-state index in [9.17, 15) is 4.79 Å². The predicted octanol–water partition coefficient (Wildman–Crippen LogP) is 5.18. The molecule has 4 rings (SSSR count). The minimum atomic E-state index is -0.370. The second kappa shape index (κ2) is 9.08. The molecule has 1 fully saturated rings. The Hall–Kier alpha value is -2.89. The van der Waals surface area contributed by atoms with Crippen LogP contribution in [0, 0.1) is 5.92 Å². The number of nitrogens with zero attached hydrogens (tertiary/aromatic N) is 3. The van der Waals surface area contributed by atoms with Crippen LogP contribution in [0.4, 0.5) is 4.79 Å². The Balaban J connectivity index is 1.79. The van der Waals surface area contributed by atoms with Gasteiger partial charge in [0.1, 0.15) is 0 Å². The summed E-state index contributed by atoms with van der Waals surface area (Å²) in [5.41, 5.74) is 3.79. The van der Waals surface area contributed by atoms with Crippen LogP contribution in [0.2, 0.25) is 0 Å². The van der Waals surface area contributed by atoms with E-state index in [1.807, 2.05) is 12.4 Å². The van der Waals surface area contributed by atoms with Crippen molar-refractivity contribution < 1.29 is 9.53 Å². The van der Waals surface area contributed by atoms with Gasteiger partial charge in [0.2, 0.25) is 0 Å². The molecular weight excluding hydrogens is 386 g/mol. The number of amides is 1. The molecule has 2 aromatic rings. The SMILES string of the molecule is CC[C@@H]1C=CN(C(=O)OC)C=C1C1N(C)[C@@H](c2ccccc2)[C@H](c2ccccc2)N1C. The van der Waals surface area contributed by atoms with E-state index in [1.54, 1.807) is 4.90 Å². The van der Waals surface area contributed by atoms with Crippen LogP contribution in [0.3, 0.4) is 0 Å². The Bertz CT molecular complexity index is 906. The van der Waals surface area contributed by atoms with Crippen LogP contribution in [0.1, 0.15) is 36.6 Å². The second-order valence-electron chi connectivity index (χ2n) is 8.28. The van der Waals surface area contributed by atoms with E-state index in [1.165, 1.54) is 23.8 Å². The zero-order chi connectivity index (χ0) is 22.0. The minimum absolute atomic E-state index is 0.0532. The Kier molecular flexibility index (Phi) is 6.25. The first-order valence-corrected chi connectivity index (χ1v) is 10.9. The molecule has 0 saturated carbocycles. The van der Waals surface area contributed by atoms with Crippen molar-refractivity contribution in [3.8, 4) is 0 Å². The highest BCUT2D eigenvalue weighted by Gasteiger charge is 2.47. The highest BCUT2D eigenvalue weighted by atomic mass is 16.5. The number of methoxy groups -OCH3 is 1. The molecule has 5 heteroatoms. The summed E-state index contributed by atoms with van der Waals surface area (Å²) in [6, 6.07) is 21.8. The third kappa shape index (κ3) is 3.91. The molecule has 31 heavy (non-hydrogen) atoms. The molecule has 0 radical (unpaired) electrons. The fourth-order valence-corrected chi connectivity index (χ4v) is 5.10. The van der Waals surface area contributed by atoms with Crippen LogP contribution >= 0.6 is 0 Å². The lowest BCUT2D eigenvalue weighted by atomic mass is 9.92. The first-order chi connectivity index (χ1) is 15.1. The zero-order valence-electron chi connectivity index (χ0n) is 18.7. The maximum absolute atomic E-state index is 12.2. The van der Waals surface area contributed by atoms with Crippen molar-refractivity contribution in [2.75, 3.05) is 21.2 Å². The topological polar surface area (TPSA) is 36.0 Å². The summed E-state index contributed by atoms with van der Waals surface area (Å²) < 4.78 is 4.97. The van der Waals surface area contributed by atoms with Gasteiger partial charge in [-0.2, -0.15) is 0 Å². The molecule has 0 aromatic heterocycles. The van der Waals surface area contributed by atoms with Gasteiger partial charge in [-0.25, -0.2) is 4.79 Å². The largest absolute Gasteiger partial charge is 0.452 e. The van der Waals surface area contributed by atoms with Gasteiger partial charge in [-0.15, -0.1) is 0 Å². The highest BCUT2D eigenvalue weighted by Crippen LogP contribution is 2.48. The number of hydrogen-bond donors (Lipinski definition) is 0. The number of benzene rings is 2. The Labute approximate surface area is 185 Å². The van der Waals surface area contributed by atoms with Gasteiger partial charge >= 0.3 is 6.09 Å². The summed E-state index contributed by atoms with van der Waals surface area (Å²) in [6.45, 7) is 2.19. The minimum Gasteiger partial charge on any atom is -0.452 e. The molecule has 1 saturated heterocycles. The van der Waals surface area contributed by atoms with E-state index in [0.29, 0.717) is 0 Å². The molecule has 2 aliphatic rings. The van der Waals surface area contributed by atoms with Crippen LogP contribution in [0.25, 0.3) is 0 Å². The van der Waals surface area contributed by atoms with Crippen LogP contribution in [-0.2, 0) is 4.74 Å². The van der Waals surface area contributed by atoms with E-state index in [2.05, 4.69) is 97.6 Å². The van der Waals surface area contributed by atoms with Gasteiger partial charge in [-0.05, 0) is 37.2 Å². The van der Waals surface area contributed by atoms with Gasteiger partial charge in [0.05, 0.1) is 25.4 Å². The zero-order valence-corrected chi connectivity index (χ0v) is 18.7. The van der Waals surface area contributed by atoms with Crippen molar-refractivity contribution in [1.29, 1.82) is 0 Å². The van der Waals surface area contributed by atoms with Gasteiger partial charge < -0.3 is 4.74 Å². The number of hydrogen-bond acceptors (Lipinski definition) is 4. The van der Waals surface area contributed by atoms with E-state index in [4.69, 9.17) is 4.74 Å². The summed E-state index contributed by atoms with van der Waals surface area (Å²) in [5, 5.41) is 0. The van der Waals surface area contributed by atoms with Crippen LogP contribution in [0.5, 0.6) is 0 Å². The van der Waals surface area contributed by atoms with Crippen molar-refractivity contribution in [1.82, 2.24) is 14.7 Å². The summed E-state index contributed by atoms with van der Waals surface area (Å²) in [6.07, 6.45) is 6.56. The van der Waals surface area contributed by atoms with Crippen molar-refractivity contribution in [2.45, 2.75) is 31.6 Å². The summed E-state index contributed by atoms with van der Waals surface area (Å²) in [4.78, 5) is 18.7. The van der Waals surface area contributed by atoms with E-state index >= 15 is 0 Å². The monoisotopic (exact) mass is 417 g/mol. The first kappa shape index (κ1) is 21.3.